The number of nitrogens with one attached hydrogen (secondary N) is 1. The number of hydrogen-bond donors (Lipinski definition) is 1. The van der Waals surface area contributed by atoms with Crippen molar-refractivity contribution < 1.29 is 9.21 Å². The molecule has 1 aromatic carbocycles. The fourth-order valence-electron chi connectivity index (χ4n) is 1.66. The number of nitrogens with zero attached hydrogens (tertiary/aromatic N) is 2. The summed E-state index contributed by atoms with van der Waals surface area (Å²) in [4.78, 5) is 11.8. The first-order valence-electron chi connectivity index (χ1n) is 6.37. The topological polar surface area (TPSA) is 68.0 Å². The molecule has 0 saturated heterocycles. The molecule has 0 saturated carbocycles. The molecule has 0 unspecified atom stereocenters. The zero-order valence-corrected chi connectivity index (χ0v) is 14.6. The number of hydrogen-bond acceptors (Lipinski definition) is 6. The molecule has 0 bridgehead atoms. The predicted octanol–water partition coefficient (Wildman–Crippen LogP) is 4.98. The number of thioether (sulfide) groups is 1. The average molecular weight is 386 g/mol. The van der Waals surface area contributed by atoms with E-state index in [0.717, 1.165) is 9.90 Å². The SMILES string of the molecule is O=C(Nc1nnc(SCc2ccc(Cl)c(Cl)c2)s1)c1ccco1. The normalized spacial score (nSPS) is 10.7. The summed E-state index contributed by atoms with van der Waals surface area (Å²) in [6.07, 6.45) is 1.44. The lowest BCUT2D eigenvalue weighted by Crippen LogP contribution is -2.10. The van der Waals surface area contributed by atoms with E-state index in [2.05, 4.69) is 15.5 Å². The van der Waals surface area contributed by atoms with Crippen molar-refractivity contribution in [2.24, 2.45) is 0 Å². The third-order valence-corrected chi connectivity index (χ3v) is 5.50. The Morgan fingerprint density at radius 1 is 1.26 bits per heavy atom. The van der Waals surface area contributed by atoms with Gasteiger partial charge in [-0.3, -0.25) is 10.1 Å². The van der Waals surface area contributed by atoms with Crippen LogP contribution < -0.4 is 5.32 Å². The van der Waals surface area contributed by atoms with Crippen molar-refractivity contribution >= 4 is 57.3 Å². The summed E-state index contributed by atoms with van der Waals surface area (Å²) in [6.45, 7) is 0. The van der Waals surface area contributed by atoms with Crippen LogP contribution in [0.2, 0.25) is 10.0 Å². The van der Waals surface area contributed by atoms with Gasteiger partial charge in [0.05, 0.1) is 16.3 Å². The molecule has 2 heterocycles. The Balaban J connectivity index is 1.59. The Hall–Kier alpha value is -1.54. The number of rotatable bonds is 5. The van der Waals surface area contributed by atoms with Crippen molar-refractivity contribution in [1.29, 1.82) is 0 Å². The highest BCUT2D eigenvalue weighted by Gasteiger charge is 2.12. The second-order valence-electron chi connectivity index (χ2n) is 4.34. The second-order valence-corrected chi connectivity index (χ2v) is 7.36. The van der Waals surface area contributed by atoms with Gasteiger partial charge in [0, 0.05) is 5.75 Å². The first kappa shape index (κ1) is 16.3. The summed E-state index contributed by atoms with van der Waals surface area (Å²) >= 11 is 14.7. The lowest BCUT2D eigenvalue weighted by molar-refractivity contribution is 0.0996. The number of carbonyl (C=O) groups is 1. The van der Waals surface area contributed by atoms with Crippen LogP contribution in [0.4, 0.5) is 5.13 Å². The summed E-state index contributed by atoms with van der Waals surface area (Å²) in [7, 11) is 0. The lowest BCUT2D eigenvalue weighted by Gasteiger charge is -2.01. The minimum absolute atomic E-state index is 0.227. The quantitative estimate of drug-likeness (QED) is 0.495. The molecule has 1 N–H and O–H groups in total. The van der Waals surface area contributed by atoms with Crippen LogP contribution in [0, 0.1) is 0 Å². The van der Waals surface area contributed by atoms with Crippen LogP contribution in [0.1, 0.15) is 16.1 Å². The van der Waals surface area contributed by atoms with Crippen LogP contribution >= 0.6 is 46.3 Å². The first-order valence-corrected chi connectivity index (χ1v) is 8.93. The van der Waals surface area contributed by atoms with Crippen LogP contribution in [0.5, 0.6) is 0 Å². The third-order valence-electron chi connectivity index (χ3n) is 2.72. The highest BCUT2D eigenvalue weighted by Crippen LogP contribution is 2.30. The number of anilines is 1. The van der Waals surface area contributed by atoms with Crippen molar-refractivity contribution in [3.63, 3.8) is 0 Å². The highest BCUT2D eigenvalue weighted by molar-refractivity contribution is 8.00. The summed E-state index contributed by atoms with van der Waals surface area (Å²) in [5.41, 5.74) is 1.03. The van der Waals surface area contributed by atoms with Crippen LogP contribution in [0.15, 0.2) is 45.4 Å². The third kappa shape index (κ3) is 4.26. The number of furan rings is 1. The number of halogens is 2. The van der Waals surface area contributed by atoms with Gasteiger partial charge in [-0.25, -0.2) is 0 Å². The second kappa shape index (κ2) is 7.35. The molecular weight excluding hydrogens is 377 g/mol. The molecule has 2 aromatic heterocycles. The Kier molecular flexibility index (Phi) is 5.22. The molecule has 0 spiro atoms. The van der Waals surface area contributed by atoms with E-state index in [4.69, 9.17) is 27.6 Å². The monoisotopic (exact) mass is 385 g/mol. The van der Waals surface area contributed by atoms with E-state index in [1.54, 1.807) is 18.2 Å². The van der Waals surface area contributed by atoms with Crippen molar-refractivity contribution in [2.45, 2.75) is 10.1 Å². The van der Waals surface area contributed by atoms with Crippen LogP contribution in [-0.2, 0) is 5.75 Å². The van der Waals surface area contributed by atoms with Gasteiger partial charge in [-0.2, -0.15) is 0 Å². The van der Waals surface area contributed by atoms with Crippen LogP contribution in [0.25, 0.3) is 0 Å². The molecule has 23 heavy (non-hydrogen) atoms. The highest BCUT2D eigenvalue weighted by atomic mass is 35.5. The summed E-state index contributed by atoms with van der Waals surface area (Å²) in [5, 5.41) is 12.1. The molecule has 0 aliphatic rings. The van der Waals surface area contributed by atoms with E-state index in [1.807, 2.05) is 12.1 Å². The van der Waals surface area contributed by atoms with E-state index in [0.29, 0.717) is 20.9 Å². The molecule has 118 valence electrons. The van der Waals surface area contributed by atoms with Crippen molar-refractivity contribution in [3.8, 4) is 0 Å². The fourth-order valence-corrected chi connectivity index (χ4v) is 3.67. The Labute approximate surface area is 150 Å². The van der Waals surface area contributed by atoms with E-state index < -0.39 is 0 Å². The molecular formula is C14H9Cl2N3O2S2. The molecule has 5 nitrogen and oxygen atoms in total. The van der Waals surface area contributed by atoms with Crippen molar-refractivity contribution in [2.75, 3.05) is 5.32 Å². The van der Waals surface area contributed by atoms with Gasteiger partial charge >= 0.3 is 0 Å². The van der Waals surface area contributed by atoms with Gasteiger partial charge in [-0.1, -0.05) is 52.4 Å². The Morgan fingerprint density at radius 3 is 2.87 bits per heavy atom. The molecule has 0 aliphatic heterocycles. The molecule has 3 aromatic rings. The largest absolute Gasteiger partial charge is 0.459 e. The van der Waals surface area contributed by atoms with E-state index in [-0.39, 0.29) is 11.7 Å². The number of aromatic nitrogens is 2. The van der Waals surface area contributed by atoms with Gasteiger partial charge in [0.1, 0.15) is 0 Å². The summed E-state index contributed by atoms with van der Waals surface area (Å²) < 4.78 is 5.76. The van der Waals surface area contributed by atoms with E-state index in [1.165, 1.54) is 29.4 Å². The van der Waals surface area contributed by atoms with Crippen LogP contribution in [0.3, 0.4) is 0 Å². The van der Waals surface area contributed by atoms with Gasteiger partial charge in [-0.05, 0) is 29.8 Å². The fraction of sp³-hybridized carbons (Fsp3) is 0.0714. The molecule has 0 radical (unpaired) electrons. The van der Waals surface area contributed by atoms with E-state index >= 15 is 0 Å². The standard InChI is InChI=1S/C14H9Cl2N3O2S2/c15-9-4-3-8(6-10(9)16)7-22-14-19-18-13(23-14)17-12(20)11-2-1-5-21-11/h1-6H,7H2,(H,17,18,20). The number of benzene rings is 1. The molecule has 0 aliphatic carbocycles. The summed E-state index contributed by atoms with van der Waals surface area (Å²) in [6, 6.07) is 8.71. The molecule has 0 atom stereocenters. The number of amides is 1. The van der Waals surface area contributed by atoms with Gasteiger partial charge in [0.15, 0.2) is 10.1 Å². The molecule has 9 heteroatoms. The smallest absolute Gasteiger partial charge is 0.293 e. The zero-order chi connectivity index (χ0) is 16.2. The Morgan fingerprint density at radius 2 is 2.13 bits per heavy atom. The average Bonchev–Trinajstić information content (AvgIpc) is 3.20. The minimum atomic E-state index is -0.354. The maximum Gasteiger partial charge on any atom is 0.293 e. The van der Waals surface area contributed by atoms with Gasteiger partial charge < -0.3 is 4.42 Å². The van der Waals surface area contributed by atoms with Crippen molar-refractivity contribution in [3.05, 3.63) is 58.0 Å². The maximum absolute atomic E-state index is 11.8. The maximum atomic E-state index is 11.8. The van der Waals surface area contributed by atoms with E-state index in [9.17, 15) is 4.79 Å². The molecule has 1 amide bonds. The van der Waals surface area contributed by atoms with Gasteiger partial charge in [0.2, 0.25) is 5.13 Å². The summed E-state index contributed by atoms with van der Waals surface area (Å²) in [5.74, 6) is 0.551. The van der Waals surface area contributed by atoms with Crippen molar-refractivity contribution in [1.82, 2.24) is 10.2 Å². The Bertz CT molecular complexity index is 821. The first-order chi connectivity index (χ1) is 11.1. The minimum Gasteiger partial charge on any atom is -0.459 e. The predicted molar refractivity (Wildman–Crippen MR) is 92.6 cm³/mol. The number of carbonyl (C=O) groups excluding carboxylic acids is 1. The lowest BCUT2D eigenvalue weighted by atomic mass is 10.2. The van der Waals surface area contributed by atoms with Gasteiger partial charge in [-0.15, -0.1) is 10.2 Å². The van der Waals surface area contributed by atoms with Crippen LogP contribution in [-0.4, -0.2) is 16.1 Å². The molecule has 0 fully saturated rings. The van der Waals surface area contributed by atoms with Gasteiger partial charge in [0.25, 0.3) is 5.91 Å². The molecule has 3 rings (SSSR count). The zero-order valence-electron chi connectivity index (χ0n) is 11.5.